The topological polar surface area (TPSA) is 137 Å². The van der Waals surface area contributed by atoms with Crippen molar-refractivity contribution in [3.05, 3.63) is 64.7 Å². The summed E-state index contributed by atoms with van der Waals surface area (Å²) in [5, 5.41) is 19.0. The minimum atomic E-state index is -1.05. The molecule has 1 aliphatic heterocycles. The third-order valence-electron chi connectivity index (χ3n) is 4.30. The molecule has 27 heavy (non-hydrogen) atoms. The van der Waals surface area contributed by atoms with Crippen LogP contribution < -0.4 is 11.1 Å². The molecule has 2 aromatic rings. The van der Waals surface area contributed by atoms with Gasteiger partial charge in [-0.2, -0.15) is 0 Å². The van der Waals surface area contributed by atoms with E-state index in [1.54, 1.807) is 42.5 Å². The molecular weight excluding hydrogens is 348 g/mol. The molecule has 0 unspecified atom stereocenters. The van der Waals surface area contributed by atoms with Crippen LogP contribution in [0.2, 0.25) is 0 Å². The van der Waals surface area contributed by atoms with Crippen LogP contribution >= 0.6 is 0 Å². The molecule has 5 N–H and O–H groups in total. The smallest absolute Gasteiger partial charge is 0.323 e. The van der Waals surface area contributed by atoms with Gasteiger partial charge in [0.05, 0.1) is 6.42 Å². The maximum Gasteiger partial charge on any atom is 0.323 e. The molecule has 8 heteroatoms. The molecule has 3 rings (SSSR count). The molecule has 0 fully saturated rings. The minimum absolute atomic E-state index is 0.0711. The average Bonchev–Trinajstić information content (AvgIpc) is 2.62. The predicted octanol–water partition coefficient (Wildman–Crippen LogP) is 1.19. The monoisotopic (exact) mass is 366 g/mol. The number of hydrogen-bond donors (Lipinski definition) is 4. The van der Waals surface area contributed by atoms with Gasteiger partial charge in [0.15, 0.2) is 0 Å². The number of amides is 2. The van der Waals surface area contributed by atoms with Crippen molar-refractivity contribution in [2.45, 2.75) is 13.0 Å². The number of hydrogen-bond acceptors (Lipinski definition) is 4. The Morgan fingerprint density at radius 1 is 1.11 bits per heavy atom. The molecule has 0 radical (unpaired) electrons. The Morgan fingerprint density at radius 2 is 1.78 bits per heavy atom. The van der Waals surface area contributed by atoms with Crippen molar-refractivity contribution in [1.82, 2.24) is 4.90 Å². The van der Waals surface area contributed by atoms with Crippen molar-refractivity contribution in [1.29, 1.82) is 5.41 Å². The SMILES string of the molecule is N=C(N)c1ccc(C(=O)Nc2ccc3c(c2)CC(=O)N(CC(=O)O)C3)cc1. The van der Waals surface area contributed by atoms with Crippen molar-refractivity contribution in [2.75, 3.05) is 11.9 Å². The van der Waals surface area contributed by atoms with Gasteiger partial charge in [-0.15, -0.1) is 0 Å². The van der Waals surface area contributed by atoms with E-state index in [2.05, 4.69) is 5.32 Å². The zero-order valence-corrected chi connectivity index (χ0v) is 14.4. The van der Waals surface area contributed by atoms with Gasteiger partial charge in [-0.25, -0.2) is 0 Å². The minimum Gasteiger partial charge on any atom is -0.480 e. The fraction of sp³-hybridized carbons (Fsp3) is 0.158. The molecule has 0 saturated heterocycles. The molecule has 2 amide bonds. The number of benzene rings is 2. The summed E-state index contributed by atoms with van der Waals surface area (Å²) in [7, 11) is 0. The van der Waals surface area contributed by atoms with E-state index in [0.717, 1.165) is 11.1 Å². The normalized spacial score (nSPS) is 13.0. The lowest BCUT2D eigenvalue weighted by molar-refractivity contribution is -0.145. The lowest BCUT2D eigenvalue weighted by Crippen LogP contribution is -2.39. The number of carbonyl (C=O) groups is 3. The number of nitrogen functional groups attached to an aromatic ring is 1. The molecule has 138 valence electrons. The Labute approximate surface area is 155 Å². The lowest BCUT2D eigenvalue weighted by Gasteiger charge is -2.27. The summed E-state index contributed by atoms with van der Waals surface area (Å²) in [4.78, 5) is 36.6. The van der Waals surface area contributed by atoms with Crippen molar-refractivity contribution in [3.8, 4) is 0 Å². The first-order valence-electron chi connectivity index (χ1n) is 8.20. The van der Waals surface area contributed by atoms with Crippen LogP contribution in [0, 0.1) is 5.41 Å². The first-order chi connectivity index (χ1) is 12.8. The number of carbonyl (C=O) groups excluding carboxylic acids is 2. The predicted molar refractivity (Wildman–Crippen MR) is 98.6 cm³/mol. The standard InChI is InChI=1S/C19H18N4O4/c20-18(21)11-1-3-12(4-2-11)19(27)22-15-6-5-13-9-23(10-17(25)26)16(24)8-14(13)7-15/h1-7H,8-10H2,(H3,20,21)(H,22,27)(H,25,26). The number of nitrogens with one attached hydrogen (secondary N) is 2. The number of aliphatic carboxylic acids is 1. The van der Waals surface area contributed by atoms with Crippen LogP contribution in [-0.2, 0) is 22.6 Å². The fourth-order valence-electron chi connectivity index (χ4n) is 2.90. The van der Waals surface area contributed by atoms with Gasteiger partial charge in [-0.05, 0) is 35.4 Å². The highest BCUT2D eigenvalue weighted by molar-refractivity contribution is 6.05. The molecule has 0 aliphatic carbocycles. The van der Waals surface area contributed by atoms with Gasteiger partial charge in [-0.1, -0.05) is 18.2 Å². The zero-order valence-electron chi connectivity index (χ0n) is 14.4. The van der Waals surface area contributed by atoms with Crippen LogP contribution in [0.3, 0.4) is 0 Å². The molecule has 0 spiro atoms. The molecule has 1 heterocycles. The molecule has 0 bridgehead atoms. The molecule has 0 atom stereocenters. The number of rotatable bonds is 5. The van der Waals surface area contributed by atoms with Crippen molar-refractivity contribution >= 4 is 29.3 Å². The highest BCUT2D eigenvalue weighted by atomic mass is 16.4. The van der Waals surface area contributed by atoms with Gasteiger partial charge < -0.3 is 21.1 Å². The first kappa shape index (κ1) is 18.1. The summed E-state index contributed by atoms with van der Waals surface area (Å²) in [5.41, 5.74) is 8.53. The number of carboxylic acids is 1. The van der Waals surface area contributed by atoms with Gasteiger partial charge in [-0.3, -0.25) is 19.8 Å². The fourth-order valence-corrected chi connectivity index (χ4v) is 2.90. The van der Waals surface area contributed by atoms with Crippen molar-refractivity contribution < 1.29 is 19.5 Å². The van der Waals surface area contributed by atoms with Crippen LogP contribution in [0.5, 0.6) is 0 Å². The summed E-state index contributed by atoms with van der Waals surface area (Å²) in [6.07, 6.45) is 0.0969. The van der Waals surface area contributed by atoms with E-state index in [0.29, 0.717) is 16.8 Å². The number of nitrogens with two attached hydrogens (primary N) is 1. The Morgan fingerprint density at radius 3 is 2.41 bits per heavy atom. The number of anilines is 1. The molecule has 8 nitrogen and oxygen atoms in total. The summed E-state index contributed by atoms with van der Waals surface area (Å²) in [6.45, 7) is -0.0891. The van der Waals surface area contributed by atoms with Gasteiger partial charge >= 0.3 is 5.97 Å². The summed E-state index contributed by atoms with van der Waals surface area (Å²) in [6, 6.07) is 11.6. The van der Waals surface area contributed by atoms with E-state index in [1.165, 1.54) is 4.90 Å². The molecule has 0 saturated carbocycles. The number of amidine groups is 1. The van der Waals surface area contributed by atoms with Crippen LogP contribution in [0.25, 0.3) is 0 Å². The van der Waals surface area contributed by atoms with Gasteiger partial charge in [0, 0.05) is 23.4 Å². The Balaban J connectivity index is 1.73. The number of carboxylic acid groups (broad SMARTS) is 1. The Bertz CT molecular complexity index is 937. The van der Waals surface area contributed by atoms with E-state index in [9.17, 15) is 14.4 Å². The largest absolute Gasteiger partial charge is 0.480 e. The van der Waals surface area contributed by atoms with E-state index in [4.69, 9.17) is 16.2 Å². The lowest BCUT2D eigenvalue weighted by atomic mass is 9.98. The highest BCUT2D eigenvalue weighted by Crippen LogP contribution is 2.23. The third kappa shape index (κ3) is 4.12. The number of nitrogens with zero attached hydrogens (tertiary/aromatic N) is 1. The second kappa shape index (κ2) is 7.28. The van der Waals surface area contributed by atoms with Gasteiger partial charge in [0.1, 0.15) is 12.4 Å². The molecular formula is C19H18N4O4. The van der Waals surface area contributed by atoms with Crippen LogP contribution in [0.4, 0.5) is 5.69 Å². The van der Waals surface area contributed by atoms with E-state index in [1.807, 2.05) is 0 Å². The van der Waals surface area contributed by atoms with Crippen LogP contribution in [0.15, 0.2) is 42.5 Å². The molecule has 1 aliphatic rings. The van der Waals surface area contributed by atoms with Crippen LogP contribution in [-0.4, -0.2) is 40.2 Å². The summed E-state index contributed by atoms with van der Waals surface area (Å²) >= 11 is 0. The van der Waals surface area contributed by atoms with E-state index in [-0.39, 0.29) is 37.2 Å². The van der Waals surface area contributed by atoms with E-state index >= 15 is 0 Å². The molecule has 2 aromatic carbocycles. The van der Waals surface area contributed by atoms with Crippen molar-refractivity contribution in [3.63, 3.8) is 0 Å². The third-order valence-corrected chi connectivity index (χ3v) is 4.30. The quantitative estimate of drug-likeness (QED) is 0.465. The first-order valence-corrected chi connectivity index (χ1v) is 8.20. The highest BCUT2D eigenvalue weighted by Gasteiger charge is 2.24. The Kier molecular flexibility index (Phi) is 4.89. The zero-order chi connectivity index (χ0) is 19.6. The second-order valence-electron chi connectivity index (χ2n) is 6.25. The number of fused-ring (bicyclic) bond motifs is 1. The molecule has 0 aromatic heterocycles. The second-order valence-corrected chi connectivity index (χ2v) is 6.25. The van der Waals surface area contributed by atoms with Gasteiger partial charge in [0.2, 0.25) is 5.91 Å². The van der Waals surface area contributed by atoms with Gasteiger partial charge in [0.25, 0.3) is 5.91 Å². The van der Waals surface area contributed by atoms with Crippen LogP contribution in [0.1, 0.15) is 27.0 Å². The van der Waals surface area contributed by atoms with Crippen molar-refractivity contribution in [2.24, 2.45) is 5.73 Å². The summed E-state index contributed by atoms with van der Waals surface area (Å²) in [5.74, 6) is -1.70. The maximum atomic E-state index is 12.4. The van der Waals surface area contributed by atoms with E-state index < -0.39 is 5.97 Å². The maximum absolute atomic E-state index is 12.4. The summed E-state index contributed by atoms with van der Waals surface area (Å²) < 4.78 is 0. The average molecular weight is 366 g/mol. The Hall–Kier alpha value is -3.68.